The number of nitrogen functional groups attached to an aromatic ring is 1. The molecule has 2 rings (SSSR count). The first kappa shape index (κ1) is 14.0. The second-order valence-electron chi connectivity index (χ2n) is 5.09. The van der Waals surface area contributed by atoms with E-state index in [1.807, 2.05) is 50.4 Å². The van der Waals surface area contributed by atoms with Gasteiger partial charge in [0.25, 0.3) is 0 Å². The molecule has 2 aromatic rings. The maximum Gasteiger partial charge on any atom is 0.101 e. The van der Waals surface area contributed by atoms with Gasteiger partial charge in [0.2, 0.25) is 0 Å². The van der Waals surface area contributed by atoms with Crippen LogP contribution in [0, 0.1) is 18.3 Å². The van der Waals surface area contributed by atoms with Crippen LogP contribution in [-0.4, -0.2) is 7.05 Å². The number of hydrogen-bond acceptors (Lipinski definition) is 3. The molecule has 20 heavy (non-hydrogen) atoms. The third kappa shape index (κ3) is 2.75. The van der Waals surface area contributed by atoms with Gasteiger partial charge in [-0.3, -0.25) is 0 Å². The molecule has 3 nitrogen and oxygen atoms in total. The Morgan fingerprint density at radius 3 is 2.60 bits per heavy atom. The first-order valence-corrected chi connectivity index (χ1v) is 6.62. The number of benzene rings is 2. The maximum absolute atomic E-state index is 9.26. The lowest BCUT2D eigenvalue weighted by atomic mass is 10.0. The Bertz CT molecular complexity index is 656. The third-order valence-corrected chi connectivity index (χ3v) is 3.63. The van der Waals surface area contributed by atoms with Gasteiger partial charge in [-0.05, 0) is 49.2 Å². The van der Waals surface area contributed by atoms with E-state index in [0.717, 1.165) is 22.5 Å². The van der Waals surface area contributed by atoms with Crippen molar-refractivity contribution in [2.24, 2.45) is 0 Å². The number of nitrogens with zero attached hydrogens (tertiary/aromatic N) is 2. The molecular weight excluding hydrogens is 246 g/mol. The number of hydrogen-bond donors (Lipinski definition) is 1. The van der Waals surface area contributed by atoms with E-state index in [9.17, 15) is 5.26 Å². The zero-order valence-electron chi connectivity index (χ0n) is 12.1. The molecule has 0 amide bonds. The molecule has 2 aromatic carbocycles. The van der Waals surface area contributed by atoms with Crippen LogP contribution in [0.3, 0.4) is 0 Å². The molecule has 2 N–H and O–H groups in total. The monoisotopic (exact) mass is 265 g/mol. The lowest BCUT2D eigenvalue weighted by Crippen LogP contribution is -2.22. The fourth-order valence-electron chi connectivity index (χ4n) is 2.28. The van der Waals surface area contributed by atoms with Gasteiger partial charge in [-0.2, -0.15) is 5.26 Å². The quantitative estimate of drug-likeness (QED) is 0.862. The highest BCUT2D eigenvalue weighted by molar-refractivity contribution is 5.61. The summed E-state index contributed by atoms with van der Waals surface area (Å²) >= 11 is 0. The van der Waals surface area contributed by atoms with Crippen molar-refractivity contribution >= 4 is 11.4 Å². The highest BCUT2D eigenvalue weighted by atomic mass is 15.1. The van der Waals surface area contributed by atoms with E-state index in [-0.39, 0.29) is 6.04 Å². The number of rotatable bonds is 3. The van der Waals surface area contributed by atoms with Crippen LogP contribution in [0.1, 0.15) is 29.7 Å². The highest BCUT2D eigenvalue weighted by Gasteiger charge is 2.15. The minimum atomic E-state index is 0.146. The van der Waals surface area contributed by atoms with Gasteiger partial charge in [0, 0.05) is 12.7 Å². The molecule has 1 atom stereocenters. The zero-order valence-corrected chi connectivity index (χ0v) is 12.1. The van der Waals surface area contributed by atoms with Crippen molar-refractivity contribution in [2.45, 2.75) is 19.9 Å². The van der Waals surface area contributed by atoms with Gasteiger partial charge < -0.3 is 10.6 Å². The topological polar surface area (TPSA) is 53.0 Å². The molecule has 0 heterocycles. The predicted octanol–water partition coefficient (Wildman–Crippen LogP) is 3.65. The third-order valence-electron chi connectivity index (χ3n) is 3.63. The average Bonchev–Trinajstić information content (AvgIpc) is 2.45. The summed E-state index contributed by atoms with van der Waals surface area (Å²) in [6.07, 6.45) is 0. The molecule has 102 valence electrons. The van der Waals surface area contributed by atoms with Crippen LogP contribution in [-0.2, 0) is 0 Å². The van der Waals surface area contributed by atoms with Crippen molar-refractivity contribution < 1.29 is 0 Å². The Labute approximate surface area is 120 Å². The average molecular weight is 265 g/mol. The molecule has 0 spiro atoms. The van der Waals surface area contributed by atoms with Crippen molar-refractivity contribution in [3.63, 3.8) is 0 Å². The van der Waals surface area contributed by atoms with Crippen LogP contribution >= 0.6 is 0 Å². The number of nitriles is 1. The van der Waals surface area contributed by atoms with E-state index in [2.05, 4.69) is 24.0 Å². The van der Waals surface area contributed by atoms with E-state index >= 15 is 0 Å². The predicted molar refractivity (Wildman–Crippen MR) is 83.6 cm³/mol. The maximum atomic E-state index is 9.26. The summed E-state index contributed by atoms with van der Waals surface area (Å²) in [5, 5.41) is 9.26. The highest BCUT2D eigenvalue weighted by Crippen LogP contribution is 2.29. The molecular formula is C17H19N3. The van der Waals surface area contributed by atoms with E-state index in [0.29, 0.717) is 5.56 Å². The Hall–Kier alpha value is -2.47. The standard InChI is InChI=1S/C17H19N3/c1-12-7-8-15(11-18)17(9-12)20(3)13(2)14-5-4-6-16(19)10-14/h4-10,13H,19H2,1-3H3. The summed E-state index contributed by atoms with van der Waals surface area (Å²) < 4.78 is 0. The van der Waals surface area contributed by atoms with Crippen LogP contribution in [0.4, 0.5) is 11.4 Å². The minimum Gasteiger partial charge on any atom is -0.399 e. The Morgan fingerprint density at radius 1 is 1.20 bits per heavy atom. The molecule has 0 aliphatic carbocycles. The fraction of sp³-hybridized carbons (Fsp3) is 0.235. The molecule has 0 radical (unpaired) electrons. The van der Waals surface area contributed by atoms with Crippen molar-refractivity contribution in [3.05, 3.63) is 59.2 Å². The van der Waals surface area contributed by atoms with Gasteiger partial charge in [-0.1, -0.05) is 18.2 Å². The van der Waals surface area contributed by atoms with Crippen LogP contribution < -0.4 is 10.6 Å². The van der Waals surface area contributed by atoms with Crippen molar-refractivity contribution in [1.82, 2.24) is 0 Å². The van der Waals surface area contributed by atoms with Crippen molar-refractivity contribution in [3.8, 4) is 6.07 Å². The Morgan fingerprint density at radius 2 is 1.95 bits per heavy atom. The van der Waals surface area contributed by atoms with Crippen molar-refractivity contribution in [1.29, 1.82) is 5.26 Å². The molecule has 0 aliphatic rings. The van der Waals surface area contributed by atoms with Crippen LogP contribution in [0.2, 0.25) is 0 Å². The van der Waals surface area contributed by atoms with Gasteiger partial charge in [0.05, 0.1) is 17.3 Å². The number of anilines is 2. The number of nitrogens with two attached hydrogens (primary N) is 1. The van der Waals surface area contributed by atoms with Crippen LogP contribution in [0.25, 0.3) is 0 Å². The Kier molecular flexibility index (Phi) is 3.95. The van der Waals surface area contributed by atoms with Gasteiger partial charge in [-0.25, -0.2) is 0 Å². The first-order valence-electron chi connectivity index (χ1n) is 6.62. The first-order chi connectivity index (χ1) is 9.52. The second-order valence-corrected chi connectivity index (χ2v) is 5.09. The molecule has 3 heteroatoms. The summed E-state index contributed by atoms with van der Waals surface area (Å²) in [6, 6.07) is 16.1. The largest absolute Gasteiger partial charge is 0.399 e. The van der Waals surface area contributed by atoms with Crippen LogP contribution in [0.15, 0.2) is 42.5 Å². The summed E-state index contributed by atoms with van der Waals surface area (Å²) in [6.45, 7) is 4.14. The molecule has 0 aromatic heterocycles. The van der Waals surface area contributed by atoms with E-state index in [1.54, 1.807) is 0 Å². The molecule has 0 fully saturated rings. The van der Waals surface area contributed by atoms with Gasteiger partial charge in [0.15, 0.2) is 0 Å². The fourth-order valence-corrected chi connectivity index (χ4v) is 2.28. The molecule has 0 saturated carbocycles. The summed E-state index contributed by atoms with van der Waals surface area (Å²) in [5.74, 6) is 0. The minimum absolute atomic E-state index is 0.146. The van der Waals surface area contributed by atoms with Crippen molar-refractivity contribution in [2.75, 3.05) is 17.7 Å². The van der Waals surface area contributed by atoms with Gasteiger partial charge in [0.1, 0.15) is 6.07 Å². The van der Waals surface area contributed by atoms with Crippen LogP contribution in [0.5, 0.6) is 0 Å². The summed E-state index contributed by atoms with van der Waals surface area (Å²) in [4.78, 5) is 2.11. The van der Waals surface area contributed by atoms with E-state index < -0.39 is 0 Å². The summed E-state index contributed by atoms with van der Waals surface area (Å²) in [7, 11) is 2.00. The lowest BCUT2D eigenvalue weighted by Gasteiger charge is -2.28. The SMILES string of the molecule is Cc1ccc(C#N)c(N(C)C(C)c2cccc(N)c2)c1. The summed E-state index contributed by atoms with van der Waals surface area (Å²) in [5.41, 5.74) is 10.5. The van der Waals surface area contributed by atoms with E-state index in [1.165, 1.54) is 0 Å². The lowest BCUT2D eigenvalue weighted by molar-refractivity contribution is 0.739. The normalized spacial score (nSPS) is 11.7. The number of aryl methyl sites for hydroxylation is 1. The molecule has 1 unspecified atom stereocenters. The smallest absolute Gasteiger partial charge is 0.101 e. The zero-order chi connectivity index (χ0) is 14.7. The molecule has 0 saturated heterocycles. The van der Waals surface area contributed by atoms with Gasteiger partial charge >= 0.3 is 0 Å². The Balaban J connectivity index is 2.38. The van der Waals surface area contributed by atoms with Gasteiger partial charge in [-0.15, -0.1) is 0 Å². The second kappa shape index (κ2) is 5.66. The molecule has 0 bridgehead atoms. The molecule has 0 aliphatic heterocycles. The van der Waals surface area contributed by atoms with E-state index in [4.69, 9.17) is 5.73 Å².